The molecule has 2 atom stereocenters. The Hall–Kier alpha value is -1.72. The summed E-state index contributed by atoms with van der Waals surface area (Å²) in [5.41, 5.74) is 4.00. The number of aromatic nitrogens is 1. The highest BCUT2D eigenvalue weighted by molar-refractivity contribution is 7.07. The second-order valence-electron chi connectivity index (χ2n) is 5.64. The molecule has 1 aliphatic rings. The van der Waals surface area contributed by atoms with Crippen LogP contribution in [0.2, 0.25) is 0 Å². The second-order valence-corrected chi connectivity index (χ2v) is 6.36. The van der Waals surface area contributed by atoms with Crippen LogP contribution in [0.4, 0.5) is 0 Å². The van der Waals surface area contributed by atoms with E-state index in [0.717, 1.165) is 25.0 Å². The average Bonchev–Trinajstić information content (AvgIpc) is 3.01. The van der Waals surface area contributed by atoms with Crippen molar-refractivity contribution in [1.82, 2.24) is 15.2 Å². The lowest BCUT2D eigenvalue weighted by Gasteiger charge is -2.31. The summed E-state index contributed by atoms with van der Waals surface area (Å²) in [6.07, 6.45) is 2.94. The second kappa shape index (κ2) is 7.03. The van der Waals surface area contributed by atoms with Gasteiger partial charge in [0.1, 0.15) is 0 Å². The van der Waals surface area contributed by atoms with E-state index in [1.807, 2.05) is 41.0 Å². The summed E-state index contributed by atoms with van der Waals surface area (Å²) in [5, 5.41) is 5.19. The maximum absolute atomic E-state index is 12.9. The van der Waals surface area contributed by atoms with Crippen molar-refractivity contribution in [3.05, 3.63) is 52.5 Å². The van der Waals surface area contributed by atoms with Crippen LogP contribution in [0.5, 0.6) is 0 Å². The molecule has 4 nitrogen and oxygen atoms in total. The topological polar surface area (TPSA) is 45.2 Å². The normalized spacial score (nSPS) is 22.6. The number of hydrogen-bond acceptors (Lipinski definition) is 4. The van der Waals surface area contributed by atoms with E-state index in [0.29, 0.717) is 6.54 Å². The van der Waals surface area contributed by atoms with Crippen molar-refractivity contribution in [2.45, 2.75) is 37.9 Å². The molecule has 1 fully saturated rings. The maximum atomic E-state index is 12.9. The SMILES string of the molecule is CNC1CCCC(c2ccccc2)N(Cc2cscn2)C1=O. The first kappa shape index (κ1) is 15.2. The van der Waals surface area contributed by atoms with E-state index in [2.05, 4.69) is 22.4 Å². The fraction of sp³-hybridized carbons (Fsp3) is 0.412. The number of likely N-dealkylation sites (N-methyl/N-ethyl adjacent to an activating group) is 1. The first-order chi connectivity index (χ1) is 10.8. The third-order valence-electron chi connectivity index (χ3n) is 4.28. The predicted molar refractivity (Wildman–Crippen MR) is 88.5 cm³/mol. The van der Waals surface area contributed by atoms with Crippen molar-refractivity contribution < 1.29 is 4.79 Å². The van der Waals surface area contributed by atoms with Crippen LogP contribution in [0.15, 0.2) is 41.2 Å². The minimum absolute atomic E-state index is 0.0904. The summed E-state index contributed by atoms with van der Waals surface area (Å²) in [4.78, 5) is 19.3. The first-order valence-electron chi connectivity index (χ1n) is 7.69. The van der Waals surface area contributed by atoms with Crippen LogP contribution < -0.4 is 5.32 Å². The average molecular weight is 315 g/mol. The molecule has 1 saturated heterocycles. The van der Waals surface area contributed by atoms with Crippen LogP contribution in [0.25, 0.3) is 0 Å². The Kier molecular flexibility index (Phi) is 4.85. The van der Waals surface area contributed by atoms with Crippen molar-refractivity contribution in [2.75, 3.05) is 7.05 Å². The molecule has 1 aromatic heterocycles. The third kappa shape index (κ3) is 3.20. The number of carbonyl (C=O) groups is 1. The molecule has 116 valence electrons. The summed E-state index contributed by atoms with van der Waals surface area (Å²) in [7, 11) is 1.87. The molecular formula is C17H21N3OS. The van der Waals surface area contributed by atoms with Crippen molar-refractivity contribution in [3.8, 4) is 0 Å². The number of rotatable bonds is 4. The van der Waals surface area contributed by atoms with Crippen LogP contribution in [0.1, 0.15) is 36.6 Å². The van der Waals surface area contributed by atoms with Gasteiger partial charge in [0.25, 0.3) is 0 Å². The Morgan fingerprint density at radius 1 is 1.32 bits per heavy atom. The number of amides is 1. The highest BCUT2D eigenvalue weighted by Gasteiger charge is 2.33. The standard InChI is InChI=1S/C17H21N3OS/c1-18-15-8-5-9-16(13-6-3-2-4-7-13)20(17(15)21)10-14-11-22-12-19-14/h2-4,6-7,11-12,15-16,18H,5,8-10H2,1H3. The zero-order valence-electron chi connectivity index (χ0n) is 12.7. The lowest BCUT2D eigenvalue weighted by Crippen LogP contribution is -2.44. The van der Waals surface area contributed by atoms with Crippen molar-refractivity contribution in [1.29, 1.82) is 0 Å². The van der Waals surface area contributed by atoms with Gasteiger partial charge in [-0.25, -0.2) is 4.98 Å². The smallest absolute Gasteiger partial charge is 0.240 e. The number of likely N-dealkylation sites (tertiary alicyclic amines) is 1. The summed E-state index contributed by atoms with van der Waals surface area (Å²) >= 11 is 1.57. The molecule has 0 radical (unpaired) electrons. The summed E-state index contributed by atoms with van der Waals surface area (Å²) in [6, 6.07) is 10.4. The highest BCUT2D eigenvalue weighted by Crippen LogP contribution is 2.32. The Morgan fingerprint density at radius 3 is 2.82 bits per heavy atom. The molecule has 1 amide bonds. The minimum atomic E-state index is -0.0904. The van der Waals surface area contributed by atoms with Crippen LogP contribution >= 0.6 is 11.3 Å². The maximum Gasteiger partial charge on any atom is 0.240 e. The molecule has 1 N–H and O–H groups in total. The van der Waals surface area contributed by atoms with E-state index in [1.54, 1.807) is 11.3 Å². The van der Waals surface area contributed by atoms with Gasteiger partial charge in [0.05, 0.1) is 29.8 Å². The van der Waals surface area contributed by atoms with E-state index in [4.69, 9.17) is 0 Å². The molecule has 0 bridgehead atoms. The zero-order valence-corrected chi connectivity index (χ0v) is 13.6. The van der Waals surface area contributed by atoms with Gasteiger partial charge in [-0.15, -0.1) is 11.3 Å². The molecule has 0 aliphatic carbocycles. The zero-order chi connectivity index (χ0) is 15.4. The lowest BCUT2D eigenvalue weighted by molar-refractivity contribution is -0.135. The molecular weight excluding hydrogens is 294 g/mol. The van der Waals surface area contributed by atoms with Gasteiger partial charge in [0.15, 0.2) is 0 Å². The Morgan fingerprint density at radius 2 is 2.14 bits per heavy atom. The highest BCUT2D eigenvalue weighted by atomic mass is 32.1. The number of carbonyl (C=O) groups excluding carboxylic acids is 1. The van der Waals surface area contributed by atoms with E-state index in [-0.39, 0.29) is 18.0 Å². The first-order valence-corrected chi connectivity index (χ1v) is 8.63. The Balaban J connectivity index is 1.92. The fourth-order valence-electron chi connectivity index (χ4n) is 3.12. The van der Waals surface area contributed by atoms with Crippen LogP contribution in [-0.2, 0) is 11.3 Å². The summed E-state index contributed by atoms with van der Waals surface area (Å²) in [6.45, 7) is 0.583. The minimum Gasteiger partial charge on any atom is -0.328 e. The van der Waals surface area contributed by atoms with Gasteiger partial charge in [-0.2, -0.15) is 0 Å². The van der Waals surface area contributed by atoms with Crippen LogP contribution in [-0.4, -0.2) is 28.9 Å². The third-order valence-corrected chi connectivity index (χ3v) is 4.91. The van der Waals surface area contributed by atoms with Gasteiger partial charge in [-0.3, -0.25) is 4.79 Å². The fourth-order valence-corrected chi connectivity index (χ4v) is 3.67. The predicted octanol–water partition coefficient (Wildman–Crippen LogP) is 2.98. The molecule has 22 heavy (non-hydrogen) atoms. The molecule has 3 rings (SSSR count). The summed E-state index contributed by atoms with van der Waals surface area (Å²) in [5.74, 6) is 0.182. The van der Waals surface area contributed by atoms with Gasteiger partial charge in [-0.1, -0.05) is 30.3 Å². The summed E-state index contributed by atoms with van der Waals surface area (Å²) < 4.78 is 0. The van der Waals surface area contributed by atoms with Gasteiger partial charge in [0.2, 0.25) is 5.91 Å². The van der Waals surface area contributed by atoms with Gasteiger partial charge < -0.3 is 10.2 Å². The molecule has 5 heteroatoms. The Bertz CT molecular complexity index is 600. The molecule has 2 unspecified atom stereocenters. The number of hydrogen-bond donors (Lipinski definition) is 1. The van der Waals surface area contributed by atoms with Crippen molar-refractivity contribution >= 4 is 17.2 Å². The van der Waals surface area contributed by atoms with Crippen LogP contribution in [0.3, 0.4) is 0 Å². The Labute approximate surface area is 135 Å². The molecule has 0 spiro atoms. The monoisotopic (exact) mass is 315 g/mol. The van der Waals surface area contributed by atoms with E-state index in [1.165, 1.54) is 5.56 Å². The van der Waals surface area contributed by atoms with E-state index < -0.39 is 0 Å². The number of benzene rings is 1. The van der Waals surface area contributed by atoms with E-state index >= 15 is 0 Å². The van der Waals surface area contributed by atoms with Gasteiger partial charge in [-0.05, 0) is 31.9 Å². The number of thiazole rings is 1. The molecule has 2 heterocycles. The van der Waals surface area contributed by atoms with Crippen molar-refractivity contribution in [2.24, 2.45) is 0 Å². The van der Waals surface area contributed by atoms with Crippen molar-refractivity contribution in [3.63, 3.8) is 0 Å². The lowest BCUT2D eigenvalue weighted by atomic mass is 10.0. The largest absolute Gasteiger partial charge is 0.328 e. The van der Waals surface area contributed by atoms with Crippen LogP contribution in [0, 0.1) is 0 Å². The molecule has 1 aromatic carbocycles. The van der Waals surface area contributed by atoms with Gasteiger partial charge >= 0.3 is 0 Å². The van der Waals surface area contributed by atoms with E-state index in [9.17, 15) is 4.79 Å². The molecule has 0 saturated carbocycles. The molecule has 1 aliphatic heterocycles. The quantitative estimate of drug-likeness (QED) is 0.943. The number of nitrogens with one attached hydrogen (secondary N) is 1. The molecule has 2 aromatic rings. The number of nitrogens with zero attached hydrogens (tertiary/aromatic N) is 2. The van der Waals surface area contributed by atoms with Gasteiger partial charge in [0, 0.05) is 5.38 Å².